The van der Waals surface area contributed by atoms with Crippen LogP contribution in [0.25, 0.3) is 0 Å². The van der Waals surface area contributed by atoms with E-state index in [1.165, 1.54) is 11.0 Å². The molecule has 4 aliphatic rings. The van der Waals surface area contributed by atoms with E-state index in [0.717, 1.165) is 5.57 Å². The first-order valence-corrected chi connectivity index (χ1v) is 12.9. The second-order valence-corrected chi connectivity index (χ2v) is 10.2. The Kier molecular flexibility index (Phi) is 5.95. The van der Waals surface area contributed by atoms with Gasteiger partial charge in [0.25, 0.3) is 0 Å². The number of anilines is 1. The Morgan fingerprint density at radius 2 is 1.68 bits per heavy atom. The lowest BCUT2D eigenvalue weighted by Crippen LogP contribution is -2.40. The Bertz CT molecular complexity index is 1470. The Morgan fingerprint density at radius 3 is 2.45 bits per heavy atom. The minimum Gasteiger partial charge on any atom is -0.491 e. The maximum atomic E-state index is 13.9. The number of imide groups is 1. The van der Waals surface area contributed by atoms with Gasteiger partial charge in [0.2, 0.25) is 11.8 Å². The molecular formula is C31H27NO6. The second-order valence-electron chi connectivity index (χ2n) is 10.2. The zero-order valence-corrected chi connectivity index (χ0v) is 20.9. The summed E-state index contributed by atoms with van der Waals surface area (Å²) >= 11 is 0. The van der Waals surface area contributed by atoms with Gasteiger partial charge in [-0.3, -0.25) is 24.1 Å². The second kappa shape index (κ2) is 9.33. The van der Waals surface area contributed by atoms with Crippen LogP contribution >= 0.6 is 0 Å². The summed E-state index contributed by atoms with van der Waals surface area (Å²) in [5.41, 5.74) is 3.31. The molecule has 6 rings (SSSR count). The predicted molar refractivity (Wildman–Crippen MR) is 139 cm³/mol. The summed E-state index contributed by atoms with van der Waals surface area (Å²) in [6.07, 6.45) is 3.99. The molecule has 0 saturated carbocycles. The van der Waals surface area contributed by atoms with E-state index in [1.54, 1.807) is 37.3 Å². The molecule has 2 aromatic carbocycles. The maximum absolute atomic E-state index is 13.9. The first kappa shape index (κ1) is 24.2. The van der Waals surface area contributed by atoms with Crippen LogP contribution in [0.4, 0.5) is 5.69 Å². The molecule has 0 bridgehead atoms. The highest BCUT2D eigenvalue weighted by molar-refractivity contribution is 6.25. The largest absolute Gasteiger partial charge is 0.491 e. The molecule has 38 heavy (non-hydrogen) atoms. The summed E-state index contributed by atoms with van der Waals surface area (Å²) in [6, 6.07) is 16.2. The standard InChI is InChI=1S/C31H27NO6/c1-17-15-24(34)28-23(29(17)35)16-22-19(26(28)20-9-5-6-10-25(20)38-14-13-33)11-12-21-27(22)31(37)32(30(21)36)18-7-3-2-4-8-18/h2-11,15,21-22,26-27,33H,12-14,16H2,1H3. The average molecular weight is 510 g/mol. The fourth-order valence-corrected chi connectivity index (χ4v) is 6.58. The molecule has 2 aromatic rings. The molecule has 192 valence electrons. The van der Waals surface area contributed by atoms with Crippen molar-refractivity contribution in [1.29, 1.82) is 0 Å². The number of benzene rings is 2. The molecule has 1 heterocycles. The minimum absolute atomic E-state index is 0.0771. The third kappa shape index (κ3) is 3.61. The number of ether oxygens (including phenoxy) is 1. The van der Waals surface area contributed by atoms with Crippen LogP contribution in [0.5, 0.6) is 5.75 Å². The van der Waals surface area contributed by atoms with Gasteiger partial charge in [-0.05, 0) is 50.0 Å². The Hall–Kier alpha value is -4.10. The van der Waals surface area contributed by atoms with Crippen LogP contribution in [0.1, 0.15) is 31.2 Å². The zero-order chi connectivity index (χ0) is 26.6. The van der Waals surface area contributed by atoms with E-state index in [-0.39, 0.29) is 43.0 Å². The van der Waals surface area contributed by atoms with Crippen LogP contribution in [0.2, 0.25) is 0 Å². The molecule has 0 spiro atoms. The van der Waals surface area contributed by atoms with Crippen LogP contribution < -0.4 is 9.64 Å². The fraction of sp³-hybridized carbons (Fsp3) is 0.290. The lowest BCUT2D eigenvalue weighted by Gasteiger charge is -2.42. The molecular weight excluding hydrogens is 482 g/mol. The van der Waals surface area contributed by atoms with Gasteiger partial charge in [0.15, 0.2) is 11.6 Å². The number of fused-ring (bicyclic) bond motifs is 3. The van der Waals surface area contributed by atoms with Crippen molar-refractivity contribution in [3.05, 3.63) is 94.6 Å². The Morgan fingerprint density at radius 1 is 0.947 bits per heavy atom. The molecule has 0 aromatic heterocycles. The topological polar surface area (TPSA) is 101 Å². The van der Waals surface area contributed by atoms with Crippen molar-refractivity contribution < 1.29 is 29.0 Å². The van der Waals surface area contributed by atoms with Gasteiger partial charge in [-0.15, -0.1) is 0 Å². The van der Waals surface area contributed by atoms with E-state index in [9.17, 15) is 24.3 Å². The quantitative estimate of drug-likeness (QED) is 0.375. The Balaban J connectivity index is 1.50. The van der Waals surface area contributed by atoms with Gasteiger partial charge in [0.1, 0.15) is 12.4 Å². The van der Waals surface area contributed by atoms with Crippen molar-refractivity contribution >= 4 is 29.1 Å². The Labute approximate surface area is 220 Å². The summed E-state index contributed by atoms with van der Waals surface area (Å²) in [6.45, 7) is 1.54. The van der Waals surface area contributed by atoms with E-state index >= 15 is 0 Å². The molecule has 1 saturated heterocycles. The number of rotatable bonds is 5. The number of hydrogen-bond donors (Lipinski definition) is 1. The summed E-state index contributed by atoms with van der Waals surface area (Å²) in [4.78, 5) is 55.5. The molecule has 7 nitrogen and oxygen atoms in total. The number of allylic oxidation sites excluding steroid dienone is 6. The summed E-state index contributed by atoms with van der Waals surface area (Å²) in [5, 5.41) is 9.36. The number of amides is 2. The van der Waals surface area contributed by atoms with E-state index in [4.69, 9.17) is 4.74 Å². The van der Waals surface area contributed by atoms with Gasteiger partial charge in [-0.2, -0.15) is 0 Å². The number of hydrogen-bond acceptors (Lipinski definition) is 6. The first-order valence-electron chi connectivity index (χ1n) is 12.9. The molecule has 1 N–H and O–H groups in total. The summed E-state index contributed by atoms with van der Waals surface area (Å²) < 4.78 is 5.84. The lowest BCUT2D eigenvalue weighted by atomic mass is 9.59. The number of aliphatic hydroxyl groups excluding tert-OH is 1. The van der Waals surface area contributed by atoms with E-state index in [1.807, 2.05) is 30.3 Å². The highest BCUT2D eigenvalue weighted by Crippen LogP contribution is 2.56. The van der Waals surface area contributed by atoms with Crippen molar-refractivity contribution in [2.24, 2.45) is 17.8 Å². The van der Waals surface area contributed by atoms with Crippen molar-refractivity contribution in [3.8, 4) is 5.75 Å². The van der Waals surface area contributed by atoms with E-state index < -0.39 is 23.7 Å². The highest BCUT2D eigenvalue weighted by Gasteiger charge is 2.56. The smallest absolute Gasteiger partial charge is 0.238 e. The molecule has 1 aliphatic heterocycles. The first-order chi connectivity index (χ1) is 18.4. The summed E-state index contributed by atoms with van der Waals surface area (Å²) in [7, 11) is 0. The predicted octanol–water partition coefficient (Wildman–Crippen LogP) is 3.69. The average Bonchev–Trinajstić information content (AvgIpc) is 3.19. The van der Waals surface area contributed by atoms with Crippen molar-refractivity contribution in [2.75, 3.05) is 18.1 Å². The van der Waals surface area contributed by atoms with Gasteiger partial charge >= 0.3 is 0 Å². The zero-order valence-electron chi connectivity index (χ0n) is 20.9. The third-order valence-electron chi connectivity index (χ3n) is 8.16. The maximum Gasteiger partial charge on any atom is 0.238 e. The number of carbonyl (C=O) groups is 4. The van der Waals surface area contributed by atoms with Crippen LogP contribution in [0.15, 0.2) is 89.0 Å². The van der Waals surface area contributed by atoms with Gasteiger partial charge in [-0.1, -0.05) is 48.0 Å². The SMILES string of the molecule is CC1=CC(=O)C2=C(CC3C(=CCC4C(=O)N(c5ccccc5)C(=O)C43)C2c2ccccc2OCCO)C1=O. The summed E-state index contributed by atoms with van der Waals surface area (Å²) in [5.74, 6) is -2.55. The van der Waals surface area contributed by atoms with E-state index in [0.29, 0.717) is 40.1 Å². The van der Waals surface area contributed by atoms with Crippen molar-refractivity contribution in [2.45, 2.75) is 25.7 Å². The van der Waals surface area contributed by atoms with Crippen molar-refractivity contribution in [1.82, 2.24) is 0 Å². The minimum atomic E-state index is -0.626. The number of nitrogens with zero attached hydrogens (tertiary/aromatic N) is 1. The van der Waals surface area contributed by atoms with Crippen LogP contribution in [0.3, 0.4) is 0 Å². The molecule has 2 amide bonds. The molecule has 3 aliphatic carbocycles. The number of para-hydroxylation sites is 2. The van der Waals surface area contributed by atoms with Gasteiger partial charge < -0.3 is 9.84 Å². The van der Waals surface area contributed by atoms with Crippen LogP contribution in [0, 0.1) is 17.8 Å². The number of ketones is 2. The number of carbonyl (C=O) groups excluding carboxylic acids is 4. The molecule has 4 unspecified atom stereocenters. The van der Waals surface area contributed by atoms with Gasteiger partial charge in [-0.25, -0.2) is 0 Å². The van der Waals surface area contributed by atoms with Crippen molar-refractivity contribution in [3.63, 3.8) is 0 Å². The molecule has 1 fully saturated rings. The van der Waals surface area contributed by atoms with Gasteiger partial charge in [0.05, 0.1) is 24.1 Å². The van der Waals surface area contributed by atoms with Crippen LogP contribution in [-0.2, 0) is 19.2 Å². The normalized spacial score (nSPS) is 26.5. The number of Topliss-reactive ketones (excluding diaryl/α,β-unsaturated/α-hetero) is 1. The highest BCUT2D eigenvalue weighted by atomic mass is 16.5. The third-order valence-corrected chi connectivity index (χ3v) is 8.16. The molecule has 7 heteroatoms. The monoisotopic (exact) mass is 509 g/mol. The number of aliphatic hydroxyl groups is 1. The lowest BCUT2D eigenvalue weighted by molar-refractivity contribution is -0.123. The molecule has 4 atom stereocenters. The van der Waals surface area contributed by atoms with Gasteiger partial charge in [0, 0.05) is 28.2 Å². The van der Waals surface area contributed by atoms with E-state index in [2.05, 4.69) is 0 Å². The fourth-order valence-electron chi connectivity index (χ4n) is 6.58. The molecule has 0 radical (unpaired) electrons. The van der Waals surface area contributed by atoms with Crippen LogP contribution in [-0.4, -0.2) is 41.7 Å².